The van der Waals surface area contributed by atoms with Gasteiger partial charge in [0, 0.05) is 45.1 Å². The van der Waals surface area contributed by atoms with Crippen LogP contribution in [0.4, 0.5) is 5.95 Å². The van der Waals surface area contributed by atoms with Crippen molar-refractivity contribution in [1.29, 1.82) is 0 Å². The van der Waals surface area contributed by atoms with Crippen LogP contribution in [0.5, 0.6) is 5.75 Å². The maximum atomic E-state index is 12.6. The van der Waals surface area contributed by atoms with E-state index in [0.29, 0.717) is 13.1 Å². The van der Waals surface area contributed by atoms with Crippen molar-refractivity contribution in [2.75, 3.05) is 31.1 Å². The lowest BCUT2D eigenvalue weighted by Crippen LogP contribution is -2.52. The van der Waals surface area contributed by atoms with Crippen molar-refractivity contribution >= 4 is 11.9 Å². The molecule has 2 heterocycles. The molecule has 1 atom stereocenters. The van der Waals surface area contributed by atoms with Crippen LogP contribution in [0.2, 0.25) is 0 Å². The third-order valence-corrected chi connectivity index (χ3v) is 4.31. The number of imidazole rings is 1. The lowest BCUT2D eigenvalue weighted by Gasteiger charge is -2.36. The van der Waals surface area contributed by atoms with E-state index in [-0.39, 0.29) is 5.91 Å². The molecule has 0 bridgehead atoms. The van der Waals surface area contributed by atoms with Crippen molar-refractivity contribution < 1.29 is 9.53 Å². The van der Waals surface area contributed by atoms with Gasteiger partial charge in [-0.2, -0.15) is 0 Å². The largest absolute Gasteiger partial charge is 0.481 e. The summed E-state index contributed by atoms with van der Waals surface area (Å²) in [7, 11) is 0. The van der Waals surface area contributed by atoms with Crippen molar-refractivity contribution in [2.24, 2.45) is 0 Å². The Hall–Kier alpha value is -2.50. The second-order valence-electron chi connectivity index (χ2n) is 5.90. The lowest BCUT2D eigenvalue weighted by molar-refractivity contribution is -0.138. The number of benzene rings is 1. The minimum absolute atomic E-state index is 0.0392. The summed E-state index contributed by atoms with van der Waals surface area (Å²) in [6.07, 6.45) is 3.34. The first kappa shape index (κ1) is 16.4. The van der Waals surface area contributed by atoms with Crippen molar-refractivity contribution in [1.82, 2.24) is 14.5 Å². The number of aromatic nitrogens is 2. The zero-order valence-corrected chi connectivity index (χ0v) is 14.3. The van der Waals surface area contributed by atoms with E-state index in [1.54, 1.807) is 0 Å². The molecule has 1 aromatic carbocycles. The molecule has 1 aliphatic heterocycles. The Balaban J connectivity index is 1.55. The topological polar surface area (TPSA) is 50.6 Å². The van der Waals surface area contributed by atoms with Crippen molar-refractivity contribution in [3.8, 4) is 5.75 Å². The lowest BCUT2D eigenvalue weighted by atomic mass is 10.2. The molecule has 24 heavy (non-hydrogen) atoms. The molecular formula is C18H24N4O2. The summed E-state index contributed by atoms with van der Waals surface area (Å²) < 4.78 is 7.87. The van der Waals surface area contributed by atoms with Crippen LogP contribution in [-0.4, -0.2) is 52.6 Å². The van der Waals surface area contributed by atoms with E-state index in [1.807, 2.05) is 54.5 Å². The van der Waals surface area contributed by atoms with Crippen LogP contribution in [0.15, 0.2) is 42.7 Å². The number of ether oxygens (including phenoxy) is 1. The average Bonchev–Trinajstić information content (AvgIpc) is 3.11. The van der Waals surface area contributed by atoms with Gasteiger partial charge in [0.05, 0.1) is 0 Å². The first-order chi connectivity index (χ1) is 11.7. The summed E-state index contributed by atoms with van der Waals surface area (Å²) in [4.78, 5) is 21.1. The van der Waals surface area contributed by atoms with E-state index in [9.17, 15) is 4.79 Å². The summed E-state index contributed by atoms with van der Waals surface area (Å²) in [5, 5.41) is 0. The fourth-order valence-corrected chi connectivity index (χ4v) is 2.97. The molecule has 3 rings (SSSR count). The maximum absolute atomic E-state index is 12.6. The van der Waals surface area contributed by atoms with Gasteiger partial charge in [-0.15, -0.1) is 0 Å². The minimum atomic E-state index is -0.475. The molecule has 0 N–H and O–H groups in total. The van der Waals surface area contributed by atoms with Crippen LogP contribution in [0.1, 0.15) is 13.8 Å². The highest BCUT2D eigenvalue weighted by molar-refractivity contribution is 5.81. The zero-order valence-electron chi connectivity index (χ0n) is 14.3. The van der Waals surface area contributed by atoms with Crippen LogP contribution in [0.25, 0.3) is 0 Å². The molecular weight excluding hydrogens is 304 g/mol. The fraction of sp³-hybridized carbons (Fsp3) is 0.444. The molecule has 6 nitrogen and oxygen atoms in total. The molecule has 6 heteroatoms. The van der Waals surface area contributed by atoms with Gasteiger partial charge in [-0.1, -0.05) is 18.2 Å². The van der Waals surface area contributed by atoms with Crippen LogP contribution in [0, 0.1) is 0 Å². The molecule has 2 aromatic rings. The van der Waals surface area contributed by atoms with Gasteiger partial charge in [0.1, 0.15) is 5.75 Å². The number of aryl methyl sites for hydroxylation is 1. The van der Waals surface area contributed by atoms with Crippen LogP contribution in [0.3, 0.4) is 0 Å². The summed E-state index contributed by atoms with van der Waals surface area (Å²) in [5.41, 5.74) is 0. The predicted molar refractivity (Wildman–Crippen MR) is 93.2 cm³/mol. The summed E-state index contributed by atoms with van der Waals surface area (Å²) in [6, 6.07) is 9.47. The molecule has 0 spiro atoms. The molecule has 0 radical (unpaired) electrons. The number of hydrogen-bond acceptors (Lipinski definition) is 4. The molecule has 1 aliphatic rings. The quantitative estimate of drug-likeness (QED) is 0.843. The maximum Gasteiger partial charge on any atom is 0.263 e. The molecule has 1 amide bonds. The molecule has 1 fully saturated rings. The average molecular weight is 328 g/mol. The Labute approximate surface area is 142 Å². The van der Waals surface area contributed by atoms with Crippen LogP contribution < -0.4 is 9.64 Å². The standard InChI is InChI=1S/C18H24N4O2/c1-3-20-10-9-19-18(20)22-13-11-21(12-14-22)17(23)15(2)24-16-7-5-4-6-8-16/h4-10,15H,3,11-14H2,1-2H3. The SMILES string of the molecule is CCn1ccnc1N1CCN(C(=O)C(C)Oc2ccccc2)CC1. The second kappa shape index (κ2) is 7.38. The first-order valence-corrected chi connectivity index (χ1v) is 8.45. The Bertz CT molecular complexity index is 663. The minimum Gasteiger partial charge on any atom is -0.481 e. The highest BCUT2D eigenvalue weighted by Crippen LogP contribution is 2.16. The molecule has 128 valence electrons. The Morgan fingerprint density at radius 1 is 1.21 bits per heavy atom. The van der Waals surface area contributed by atoms with E-state index >= 15 is 0 Å². The van der Waals surface area contributed by atoms with Gasteiger partial charge in [0.25, 0.3) is 5.91 Å². The Kier molecular flexibility index (Phi) is 5.03. The summed E-state index contributed by atoms with van der Waals surface area (Å²) in [6.45, 7) is 7.78. The van der Waals surface area contributed by atoms with Crippen molar-refractivity contribution in [3.63, 3.8) is 0 Å². The number of hydrogen-bond donors (Lipinski definition) is 0. The fourth-order valence-electron chi connectivity index (χ4n) is 2.97. The number of nitrogens with zero attached hydrogens (tertiary/aromatic N) is 4. The number of carbonyl (C=O) groups is 1. The summed E-state index contributed by atoms with van der Waals surface area (Å²) in [5.74, 6) is 1.75. The van der Waals surface area contributed by atoms with E-state index in [1.165, 1.54) is 0 Å². The van der Waals surface area contributed by atoms with Crippen molar-refractivity contribution in [3.05, 3.63) is 42.7 Å². The van der Waals surface area contributed by atoms with E-state index in [2.05, 4.69) is 21.4 Å². The number of piperazine rings is 1. The molecule has 1 aromatic heterocycles. The second-order valence-corrected chi connectivity index (χ2v) is 5.90. The third-order valence-electron chi connectivity index (χ3n) is 4.31. The molecule has 1 unspecified atom stereocenters. The zero-order chi connectivity index (χ0) is 16.9. The van der Waals surface area contributed by atoms with Gasteiger partial charge in [-0.3, -0.25) is 4.79 Å². The summed E-state index contributed by atoms with van der Waals surface area (Å²) >= 11 is 0. The first-order valence-electron chi connectivity index (χ1n) is 8.45. The van der Waals surface area contributed by atoms with Gasteiger partial charge < -0.3 is 19.1 Å². The number of anilines is 1. The Morgan fingerprint density at radius 3 is 2.58 bits per heavy atom. The molecule has 0 aliphatic carbocycles. The van der Waals surface area contributed by atoms with Gasteiger partial charge in [-0.25, -0.2) is 4.98 Å². The van der Waals surface area contributed by atoms with Gasteiger partial charge in [-0.05, 0) is 26.0 Å². The molecule has 1 saturated heterocycles. The third kappa shape index (κ3) is 3.53. The Morgan fingerprint density at radius 2 is 1.92 bits per heavy atom. The number of para-hydroxylation sites is 1. The number of amides is 1. The van der Waals surface area contributed by atoms with Crippen molar-refractivity contribution in [2.45, 2.75) is 26.5 Å². The van der Waals surface area contributed by atoms with E-state index in [4.69, 9.17) is 4.74 Å². The van der Waals surface area contributed by atoms with E-state index in [0.717, 1.165) is 31.3 Å². The van der Waals surface area contributed by atoms with Gasteiger partial charge in [0.15, 0.2) is 6.10 Å². The normalized spacial score (nSPS) is 16.1. The van der Waals surface area contributed by atoms with Gasteiger partial charge >= 0.3 is 0 Å². The smallest absolute Gasteiger partial charge is 0.263 e. The highest BCUT2D eigenvalue weighted by Gasteiger charge is 2.27. The van der Waals surface area contributed by atoms with E-state index < -0.39 is 6.10 Å². The predicted octanol–water partition coefficient (Wildman–Crippen LogP) is 2.02. The van der Waals surface area contributed by atoms with Gasteiger partial charge in [0.2, 0.25) is 5.95 Å². The monoisotopic (exact) mass is 328 g/mol. The molecule has 0 saturated carbocycles. The van der Waals surface area contributed by atoms with Crippen LogP contribution >= 0.6 is 0 Å². The highest BCUT2D eigenvalue weighted by atomic mass is 16.5. The number of carbonyl (C=O) groups excluding carboxylic acids is 1. The van der Waals surface area contributed by atoms with Crippen LogP contribution in [-0.2, 0) is 11.3 Å². The number of rotatable bonds is 5.